The van der Waals surface area contributed by atoms with Crippen molar-refractivity contribution >= 4 is 5.69 Å². The molecule has 0 radical (unpaired) electrons. The largest absolute Gasteiger partial charge is 0.359 e. The Hall–Kier alpha value is -2.28. The van der Waals surface area contributed by atoms with Crippen molar-refractivity contribution in [2.45, 2.75) is 53.9 Å². The zero-order chi connectivity index (χ0) is 17.8. The van der Waals surface area contributed by atoms with E-state index in [-0.39, 0.29) is 7.43 Å². The van der Waals surface area contributed by atoms with Crippen LogP contribution in [0, 0.1) is 6.92 Å². The Bertz CT molecular complexity index is 606. The summed E-state index contributed by atoms with van der Waals surface area (Å²) in [5, 5.41) is 3.38. The SMILES string of the molecule is C.C=C(CCCC)Nc1ccc(Cc2ccc(C)cc2)cc1.C=CC. The van der Waals surface area contributed by atoms with Gasteiger partial charge in [0.05, 0.1) is 0 Å². The van der Waals surface area contributed by atoms with Crippen LogP contribution in [-0.2, 0) is 6.42 Å². The molecule has 1 nitrogen and oxygen atoms in total. The molecular formula is C24H35N. The number of anilines is 1. The van der Waals surface area contributed by atoms with E-state index in [9.17, 15) is 0 Å². The lowest BCUT2D eigenvalue weighted by Crippen LogP contribution is -1.98. The molecule has 136 valence electrons. The van der Waals surface area contributed by atoms with Gasteiger partial charge in [0, 0.05) is 11.4 Å². The molecule has 0 heterocycles. The normalized spacial score (nSPS) is 9.24. The molecule has 0 bridgehead atoms. The Kier molecular flexibility index (Phi) is 11.9. The summed E-state index contributed by atoms with van der Waals surface area (Å²) in [7, 11) is 0. The molecule has 0 saturated heterocycles. The third kappa shape index (κ3) is 9.56. The molecule has 0 aliphatic heterocycles. The molecule has 0 aliphatic carbocycles. The summed E-state index contributed by atoms with van der Waals surface area (Å²) >= 11 is 0. The second kappa shape index (κ2) is 13.1. The Morgan fingerprint density at radius 3 is 1.96 bits per heavy atom. The van der Waals surface area contributed by atoms with Gasteiger partial charge in [-0.1, -0.05) is 75.4 Å². The van der Waals surface area contributed by atoms with E-state index < -0.39 is 0 Å². The molecule has 1 N–H and O–H groups in total. The number of rotatable bonds is 7. The Balaban J connectivity index is 0.00000134. The average Bonchev–Trinajstić information content (AvgIpc) is 2.57. The van der Waals surface area contributed by atoms with Gasteiger partial charge in [0.2, 0.25) is 0 Å². The van der Waals surface area contributed by atoms with Crippen LogP contribution >= 0.6 is 0 Å². The van der Waals surface area contributed by atoms with Crippen LogP contribution in [0.3, 0.4) is 0 Å². The van der Waals surface area contributed by atoms with Gasteiger partial charge in [-0.3, -0.25) is 0 Å². The van der Waals surface area contributed by atoms with Gasteiger partial charge >= 0.3 is 0 Å². The van der Waals surface area contributed by atoms with Gasteiger partial charge < -0.3 is 5.32 Å². The first kappa shape index (κ1) is 22.7. The monoisotopic (exact) mass is 337 g/mol. The minimum atomic E-state index is 0. The lowest BCUT2D eigenvalue weighted by molar-refractivity contribution is 0.792. The summed E-state index contributed by atoms with van der Waals surface area (Å²) in [6, 6.07) is 17.4. The van der Waals surface area contributed by atoms with Gasteiger partial charge in [0.1, 0.15) is 0 Å². The van der Waals surface area contributed by atoms with Crippen LogP contribution in [0.1, 0.15) is 57.2 Å². The topological polar surface area (TPSA) is 12.0 Å². The fourth-order valence-corrected chi connectivity index (χ4v) is 2.30. The molecule has 0 atom stereocenters. The summed E-state index contributed by atoms with van der Waals surface area (Å²) in [6.45, 7) is 13.6. The molecular weight excluding hydrogens is 302 g/mol. The van der Waals surface area contributed by atoms with Crippen molar-refractivity contribution in [3.63, 3.8) is 0 Å². The summed E-state index contributed by atoms with van der Waals surface area (Å²) in [6.07, 6.45) is 6.17. The van der Waals surface area contributed by atoms with Crippen molar-refractivity contribution < 1.29 is 0 Å². The first-order valence-electron chi connectivity index (χ1n) is 8.75. The molecule has 2 aromatic carbocycles. The van der Waals surface area contributed by atoms with Gasteiger partial charge in [-0.15, -0.1) is 6.58 Å². The molecule has 25 heavy (non-hydrogen) atoms. The maximum Gasteiger partial charge on any atom is 0.0381 e. The van der Waals surface area contributed by atoms with Crippen LogP contribution in [-0.4, -0.2) is 0 Å². The Morgan fingerprint density at radius 2 is 1.48 bits per heavy atom. The molecule has 0 spiro atoms. The quantitative estimate of drug-likeness (QED) is 0.515. The molecule has 0 aromatic heterocycles. The lowest BCUT2D eigenvalue weighted by atomic mass is 10.0. The number of hydrogen-bond acceptors (Lipinski definition) is 1. The molecule has 0 amide bonds. The predicted molar refractivity (Wildman–Crippen MR) is 115 cm³/mol. The summed E-state index contributed by atoms with van der Waals surface area (Å²) < 4.78 is 0. The van der Waals surface area contributed by atoms with E-state index in [1.165, 1.54) is 29.5 Å². The van der Waals surface area contributed by atoms with Gasteiger partial charge in [0.25, 0.3) is 0 Å². The average molecular weight is 338 g/mol. The van der Waals surface area contributed by atoms with Crippen LogP contribution in [0.15, 0.2) is 73.5 Å². The van der Waals surface area contributed by atoms with Crippen LogP contribution in [0.25, 0.3) is 0 Å². The number of unbranched alkanes of at least 4 members (excludes halogenated alkanes) is 1. The summed E-state index contributed by atoms with van der Waals surface area (Å²) in [5.74, 6) is 0. The standard InChI is InChI=1S/C20H25N.C3H6.CH4/c1-4-5-6-17(3)21-20-13-11-19(12-14-20)15-18-9-7-16(2)8-10-18;1-3-2;/h7-14,21H,3-6,15H2,1-2H3;3H,1H2,2H3;1H4. The van der Waals surface area contributed by atoms with E-state index in [0.29, 0.717) is 0 Å². The highest BCUT2D eigenvalue weighted by Crippen LogP contribution is 2.16. The van der Waals surface area contributed by atoms with Crippen LogP contribution < -0.4 is 5.32 Å². The van der Waals surface area contributed by atoms with Crippen molar-refractivity contribution in [2.24, 2.45) is 0 Å². The summed E-state index contributed by atoms with van der Waals surface area (Å²) in [4.78, 5) is 0. The molecule has 0 aliphatic rings. The zero-order valence-electron chi connectivity index (χ0n) is 15.4. The Labute approximate surface area is 155 Å². The number of benzene rings is 2. The number of hydrogen-bond donors (Lipinski definition) is 1. The van der Waals surface area contributed by atoms with Crippen LogP contribution in [0.2, 0.25) is 0 Å². The van der Waals surface area contributed by atoms with E-state index in [1.807, 2.05) is 6.92 Å². The fourth-order valence-electron chi connectivity index (χ4n) is 2.30. The van der Waals surface area contributed by atoms with Crippen LogP contribution in [0.5, 0.6) is 0 Å². The van der Waals surface area contributed by atoms with Crippen molar-refractivity contribution in [3.05, 3.63) is 90.2 Å². The van der Waals surface area contributed by atoms with E-state index in [4.69, 9.17) is 0 Å². The second-order valence-electron chi connectivity index (χ2n) is 6.10. The molecule has 1 heteroatoms. The molecule has 0 unspecified atom stereocenters. The smallest absolute Gasteiger partial charge is 0.0381 e. The van der Waals surface area contributed by atoms with Gasteiger partial charge in [-0.25, -0.2) is 0 Å². The highest BCUT2D eigenvalue weighted by Gasteiger charge is 1.99. The lowest BCUT2D eigenvalue weighted by Gasteiger charge is -2.10. The van der Waals surface area contributed by atoms with Crippen LogP contribution in [0.4, 0.5) is 5.69 Å². The summed E-state index contributed by atoms with van der Waals surface area (Å²) in [5.41, 5.74) is 6.23. The zero-order valence-corrected chi connectivity index (χ0v) is 15.4. The van der Waals surface area contributed by atoms with Crippen molar-refractivity contribution in [2.75, 3.05) is 5.32 Å². The highest BCUT2D eigenvalue weighted by molar-refractivity contribution is 5.49. The minimum Gasteiger partial charge on any atom is -0.359 e. The van der Waals surface area contributed by atoms with Crippen molar-refractivity contribution in [1.82, 2.24) is 0 Å². The third-order valence-corrected chi connectivity index (χ3v) is 3.64. The molecule has 2 aromatic rings. The van der Waals surface area contributed by atoms with Gasteiger partial charge in [-0.05, 0) is 56.4 Å². The Morgan fingerprint density at radius 1 is 1.00 bits per heavy atom. The minimum absolute atomic E-state index is 0. The van der Waals surface area contributed by atoms with Gasteiger partial charge in [-0.2, -0.15) is 0 Å². The first-order chi connectivity index (χ1) is 11.6. The number of nitrogens with one attached hydrogen (secondary N) is 1. The van der Waals surface area contributed by atoms with E-state index in [2.05, 4.69) is 80.9 Å². The second-order valence-corrected chi connectivity index (χ2v) is 6.10. The highest BCUT2D eigenvalue weighted by atomic mass is 14.9. The van der Waals surface area contributed by atoms with Crippen molar-refractivity contribution in [3.8, 4) is 0 Å². The van der Waals surface area contributed by atoms with Crippen molar-refractivity contribution in [1.29, 1.82) is 0 Å². The fraction of sp³-hybridized carbons (Fsp3) is 0.333. The number of allylic oxidation sites excluding steroid dienone is 2. The van der Waals surface area contributed by atoms with Gasteiger partial charge in [0.15, 0.2) is 0 Å². The molecule has 0 saturated carbocycles. The third-order valence-electron chi connectivity index (χ3n) is 3.64. The maximum atomic E-state index is 4.07. The molecule has 0 fully saturated rings. The van der Waals surface area contributed by atoms with E-state index in [1.54, 1.807) is 6.08 Å². The van der Waals surface area contributed by atoms with E-state index in [0.717, 1.165) is 24.2 Å². The first-order valence-corrected chi connectivity index (χ1v) is 8.75. The number of aryl methyl sites for hydroxylation is 1. The van der Waals surface area contributed by atoms with E-state index >= 15 is 0 Å². The maximum absolute atomic E-state index is 4.07. The molecule has 2 rings (SSSR count). The predicted octanol–water partition coefficient (Wildman–Crippen LogP) is 7.53.